The number of halogens is 2. The lowest BCUT2D eigenvalue weighted by Crippen LogP contribution is -2.42. The average molecular weight is 762 g/mol. The monoisotopic (exact) mass is 761 g/mol. The third kappa shape index (κ3) is 11.2. The van der Waals surface area contributed by atoms with Crippen LogP contribution in [0, 0.1) is 17.6 Å². The molecule has 1 atom stereocenters. The van der Waals surface area contributed by atoms with Crippen molar-refractivity contribution < 1.29 is 32.8 Å². The van der Waals surface area contributed by atoms with Crippen LogP contribution in [0.5, 0.6) is 0 Å². The van der Waals surface area contributed by atoms with E-state index < -0.39 is 23.4 Å². The van der Waals surface area contributed by atoms with Crippen molar-refractivity contribution in [2.75, 3.05) is 37.7 Å². The Morgan fingerprint density at radius 1 is 0.944 bits per heavy atom. The van der Waals surface area contributed by atoms with Crippen molar-refractivity contribution >= 4 is 41.2 Å². The molecule has 1 aliphatic carbocycles. The summed E-state index contributed by atoms with van der Waals surface area (Å²) in [6, 6.07) is 15.0. The van der Waals surface area contributed by atoms with E-state index in [1.807, 2.05) is 47.5 Å². The maximum absolute atomic E-state index is 15.1. The Morgan fingerprint density at radius 2 is 1.69 bits per heavy atom. The number of hydrogen-bond donors (Lipinski definition) is 2. The highest BCUT2D eigenvalue weighted by molar-refractivity contribution is 7.99. The molecule has 10 nitrogen and oxygen atoms in total. The van der Waals surface area contributed by atoms with Crippen molar-refractivity contribution in [2.24, 2.45) is 11.7 Å². The largest absolute Gasteiger partial charge is 0.356 e. The number of carbonyl (C=O) groups excluding carboxylic acids is 5. The zero-order valence-corrected chi connectivity index (χ0v) is 31.3. The van der Waals surface area contributed by atoms with Crippen LogP contribution < -0.4 is 11.1 Å². The highest BCUT2D eigenvalue weighted by atomic mass is 32.2. The minimum absolute atomic E-state index is 0.0703. The van der Waals surface area contributed by atoms with Crippen LogP contribution in [0.2, 0.25) is 0 Å². The molecule has 0 bridgehead atoms. The summed E-state index contributed by atoms with van der Waals surface area (Å²) >= 11 is 1.37. The molecule has 1 saturated carbocycles. The molecular weight excluding hydrogens is 713 g/mol. The fourth-order valence-electron chi connectivity index (χ4n) is 7.20. The molecule has 3 aromatic rings. The van der Waals surface area contributed by atoms with Crippen molar-refractivity contribution in [3.05, 3.63) is 95.8 Å². The molecule has 0 spiro atoms. The number of rotatable bonds is 20. The summed E-state index contributed by atoms with van der Waals surface area (Å²) in [7, 11) is 0. The standard InChI is InChI=1S/C41H49F2N5O5S/c42-32-14-15-35(43)34(24-32)31-23-36(46(26-31)25-29-9-3-1-4-10-29)41(30-11-5-2-6-12-30)47(21-8-19-44)40(53)28-54-22-18-37(50)45-20-7-13-33(49)27-48-38(51)16-17-39(48)52/h1,3-4,9-10,14-17,23-24,26,30,41H,2,5-8,11-13,18-22,25,27-28,44H2,(H,45,50)/t41-/m1/s1. The van der Waals surface area contributed by atoms with Gasteiger partial charge >= 0.3 is 0 Å². The summed E-state index contributed by atoms with van der Waals surface area (Å²) in [5.74, 6) is -1.88. The summed E-state index contributed by atoms with van der Waals surface area (Å²) in [5, 5.41) is 2.79. The van der Waals surface area contributed by atoms with Gasteiger partial charge in [0.15, 0.2) is 5.78 Å². The Bertz CT molecular complexity index is 1790. The molecule has 0 unspecified atom stereocenters. The number of thioether (sulfide) groups is 1. The Morgan fingerprint density at radius 3 is 2.41 bits per heavy atom. The molecule has 2 aliphatic rings. The molecule has 2 heterocycles. The molecule has 0 radical (unpaired) electrons. The molecule has 54 heavy (non-hydrogen) atoms. The van der Waals surface area contributed by atoms with E-state index in [0.717, 1.165) is 72.5 Å². The summed E-state index contributed by atoms with van der Waals surface area (Å²) in [5.41, 5.74) is 8.60. The number of amides is 4. The van der Waals surface area contributed by atoms with Crippen LogP contribution in [-0.4, -0.2) is 81.5 Å². The zero-order chi connectivity index (χ0) is 38.5. The van der Waals surface area contributed by atoms with E-state index in [2.05, 4.69) is 9.88 Å². The van der Waals surface area contributed by atoms with Crippen LogP contribution in [0.4, 0.5) is 8.78 Å². The molecule has 1 aliphatic heterocycles. The lowest BCUT2D eigenvalue weighted by atomic mass is 9.81. The smallest absolute Gasteiger partial charge is 0.254 e. The van der Waals surface area contributed by atoms with E-state index >= 15 is 4.39 Å². The molecule has 3 N–H and O–H groups in total. The second kappa shape index (κ2) is 20.2. The first-order valence-corrected chi connectivity index (χ1v) is 19.9. The van der Waals surface area contributed by atoms with E-state index in [1.165, 1.54) is 17.8 Å². The quantitative estimate of drug-likeness (QED) is 0.110. The molecular formula is C41H49F2N5O5S. The number of imide groups is 1. The molecule has 1 aromatic heterocycles. The van der Waals surface area contributed by atoms with Crippen molar-refractivity contribution in [1.82, 2.24) is 19.7 Å². The SMILES string of the molecule is NCCCN(C(=O)CSCCC(=O)NCCCC(=O)CN1C(=O)C=CC1=O)[C@@H](c1cc(-c2cc(F)ccc2F)cn1Cc1ccccc1)C1CCCCC1. The number of benzene rings is 2. The van der Waals surface area contributed by atoms with Gasteiger partial charge in [0.1, 0.15) is 11.6 Å². The molecule has 288 valence electrons. The summed E-state index contributed by atoms with van der Waals surface area (Å²) in [6.07, 6.45) is 10.5. The van der Waals surface area contributed by atoms with Crippen LogP contribution in [0.15, 0.2) is 72.9 Å². The number of nitrogens with one attached hydrogen (secondary N) is 1. The van der Waals surface area contributed by atoms with Gasteiger partial charge in [-0.1, -0.05) is 49.6 Å². The van der Waals surface area contributed by atoms with Gasteiger partial charge in [0.05, 0.1) is 18.3 Å². The fraction of sp³-hybridized carbons (Fsp3) is 0.439. The van der Waals surface area contributed by atoms with Gasteiger partial charge in [-0.15, -0.1) is 0 Å². The Hall–Kier alpha value is -4.62. The van der Waals surface area contributed by atoms with Crippen LogP contribution >= 0.6 is 11.8 Å². The first-order valence-electron chi connectivity index (χ1n) is 18.7. The Balaban J connectivity index is 1.25. The van der Waals surface area contributed by atoms with Crippen molar-refractivity contribution in [1.29, 1.82) is 0 Å². The summed E-state index contributed by atoms with van der Waals surface area (Å²) in [4.78, 5) is 65.1. The van der Waals surface area contributed by atoms with Gasteiger partial charge in [0.25, 0.3) is 11.8 Å². The second-order valence-electron chi connectivity index (χ2n) is 13.9. The predicted octanol–water partition coefficient (Wildman–Crippen LogP) is 5.79. The molecule has 2 aromatic carbocycles. The number of nitrogens with two attached hydrogens (primary N) is 1. The molecule has 13 heteroatoms. The van der Waals surface area contributed by atoms with E-state index in [0.29, 0.717) is 43.8 Å². The van der Waals surface area contributed by atoms with Crippen LogP contribution in [-0.2, 0) is 30.5 Å². The summed E-state index contributed by atoms with van der Waals surface area (Å²) in [6.45, 7) is 1.32. The molecule has 0 saturated heterocycles. The van der Waals surface area contributed by atoms with E-state index in [4.69, 9.17) is 5.73 Å². The normalized spacial score (nSPS) is 15.1. The number of nitrogens with zero attached hydrogens (tertiary/aromatic N) is 3. The predicted molar refractivity (Wildman–Crippen MR) is 205 cm³/mol. The van der Waals surface area contributed by atoms with Crippen molar-refractivity contribution in [3.63, 3.8) is 0 Å². The number of Topliss-reactive ketones (excluding diaryl/α,β-unsaturated/α-hetero) is 1. The highest BCUT2D eigenvalue weighted by Gasteiger charge is 2.35. The first-order chi connectivity index (χ1) is 26.1. The lowest BCUT2D eigenvalue weighted by molar-refractivity contribution is -0.140. The minimum Gasteiger partial charge on any atom is -0.356 e. The third-order valence-electron chi connectivity index (χ3n) is 9.91. The van der Waals surface area contributed by atoms with Crippen molar-refractivity contribution in [3.8, 4) is 11.1 Å². The van der Waals surface area contributed by atoms with Gasteiger partial charge in [-0.3, -0.25) is 28.9 Å². The number of hydrogen-bond acceptors (Lipinski definition) is 7. The van der Waals surface area contributed by atoms with Gasteiger partial charge in [-0.2, -0.15) is 11.8 Å². The molecule has 1 fully saturated rings. The maximum atomic E-state index is 15.1. The minimum atomic E-state index is -0.531. The number of ketones is 1. The average Bonchev–Trinajstić information content (AvgIpc) is 3.72. The van der Waals surface area contributed by atoms with Crippen LogP contribution in [0.3, 0.4) is 0 Å². The van der Waals surface area contributed by atoms with Gasteiger partial charge in [-0.25, -0.2) is 8.78 Å². The van der Waals surface area contributed by atoms with Gasteiger partial charge in [-0.05, 0) is 68.0 Å². The fourth-order valence-corrected chi connectivity index (χ4v) is 8.01. The second-order valence-corrected chi connectivity index (χ2v) is 15.0. The van der Waals surface area contributed by atoms with Gasteiger partial charge < -0.3 is 20.5 Å². The van der Waals surface area contributed by atoms with Gasteiger partial charge in [0, 0.05) is 73.4 Å². The Labute approximate surface area is 319 Å². The molecule has 5 rings (SSSR count). The summed E-state index contributed by atoms with van der Waals surface area (Å²) < 4.78 is 31.6. The first kappa shape index (κ1) is 40.6. The van der Waals surface area contributed by atoms with E-state index in [-0.39, 0.29) is 66.8 Å². The number of aromatic nitrogens is 1. The Kier molecular flexibility index (Phi) is 15.2. The van der Waals surface area contributed by atoms with E-state index in [9.17, 15) is 28.4 Å². The number of carbonyl (C=O) groups is 5. The van der Waals surface area contributed by atoms with Crippen LogP contribution in [0.1, 0.15) is 75.1 Å². The lowest BCUT2D eigenvalue weighted by Gasteiger charge is -2.39. The third-order valence-corrected chi connectivity index (χ3v) is 10.9. The van der Waals surface area contributed by atoms with Crippen LogP contribution in [0.25, 0.3) is 11.1 Å². The molecule has 4 amide bonds. The highest BCUT2D eigenvalue weighted by Crippen LogP contribution is 2.41. The van der Waals surface area contributed by atoms with Crippen molar-refractivity contribution in [2.45, 2.75) is 70.4 Å². The topological polar surface area (TPSA) is 135 Å². The zero-order valence-electron chi connectivity index (χ0n) is 30.5. The van der Waals surface area contributed by atoms with E-state index in [1.54, 1.807) is 0 Å². The maximum Gasteiger partial charge on any atom is 0.254 e. The van der Waals surface area contributed by atoms with Gasteiger partial charge in [0.2, 0.25) is 11.8 Å².